The van der Waals surface area contributed by atoms with Crippen LogP contribution in [0.4, 0.5) is 13.2 Å². The number of thioether (sulfide) groups is 1. The third kappa shape index (κ3) is 4.11. The summed E-state index contributed by atoms with van der Waals surface area (Å²) in [5.41, 5.74) is -0.878. The molecule has 0 saturated carbocycles. The number of alkyl halides is 3. The summed E-state index contributed by atoms with van der Waals surface area (Å²) in [5, 5.41) is 0.260. The van der Waals surface area contributed by atoms with E-state index in [-0.39, 0.29) is 17.5 Å². The van der Waals surface area contributed by atoms with Crippen LogP contribution in [-0.4, -0.2) is 28.2 Å². The third-order valence-electron chi connectivity index (χ3n) is 3.14. The van der Waals surface area contributed by atoms with Crippen molar-refractivity contribution in [3.63, 3.8) is 0 Å². The molecule has 1 aromatic rings. The third-order valence-corrected chi connectivity index (χ3v) is 4.24. The molecule has 0 unspecified atom stereocenters. The van der Waals surface area contributed by atoms with Crippen molar-refractivity contribution in [3.8, 4) is 0 Å². The minimum absolute atomic E-state index is 0.0715. The Balaban J connectivity index is 2.08. The highest BCUT2D eigenvalue weighted by molar-refractivity contribution is 7.99. The van der Waals surface area contributed by atoms with Crippen LogP contribution in [-0.2, 0) is 15.7 Å². The molecule has 1 aromatic heterocycles. The molecule has 3 atom stereocenters. The van der Waals surface area contributed by atoms with Gasteiger partial charge in [0.05, 0.1) is 17.2 Å². The molecule has 0 aromatic carbocycles. The number of ether oxygens (including phenoxy) is 2. The lowest BCUT2D eigenvalue weighted by atomic mass is 10.2. The van der Waals surface area contributed by atoms with Gasteiger partial charge in [-0.15, -0.1) is 11.8 Å². The second kappa shape index (κ2) is 5.78. The summed E-state index contributed by atoms with van der Waals surface area (Å²) in [5.74, 6) is -0.667. The Morgan fingerprint density at radius 2 is 1.95 bits per heavy atom. The maximum Gasteiger partial charge on any atom is 0.433 e. The SMILES string of the molecule is C[C@@H]1OC(C)(C)O[C@@H]1[C@H](C)Sc1cccc(C(F)(F)F)n1. The summed E-state index contributed by atoms with van der Waals surface area (Å²) in [6, 6.07) is 3.90. The van der Waals surface area contributed by atoms with Crippen LogP contribution in [0.1, 0.15) is 33.4 Å². The summed E-state index contributed by atoms with van der Waals surface area (Å²) in [6.07, 6.45) is -4.74. The molecule has 1 aliphatic heterocycles. The van der Waals surface area contributed by atoms with Gasteiger partial charge in [-0.3, -0.25) is 0 Å². The molecule has 2 rings (SSSR count). The monoisotopic (exact) mass is 321 g/mol. The number of halogens is 3. The zero-order chi connectivity index (χ0) is 15.8. The van der Waals surface area contributed by atoms with Crippen LogP contribution in [0.25, 0.3) is 0 Å². The maximum absolute atomic E-state index is 12.7. The second-order valence-corrected chi connectivity index (χ2v) is 6.88. The number of pyridine rings is 1. The Morgan fingerprint density at radius 3 is 2.48 bits per heavy atom. The molecule has 3 nitrogen and oxygen atoms in total. The molecule has 0 spiro atoms. The van der Waals surface area contributed by atoms with Crippen LogP contribution < -0.4 is 0 Å². The second-order valence-electron chi connectivity index (χ2n) is 5.49. The number of hydrogen-bond donors (Lipinski definition) is 0. The van der Waals surface area contributed by atoms with E-state index in [0.717, 1.165) is 6.07 Å². The number of nitrogens with zero attached hydrogens (tertiary/aromatic N) is 1. The molecular formula is C14H18F3NO2S. The first-order valence-electron chi connectivity index (χ1n) is 6.65. The van der Waals surface area contributed by atoms with Crippen molar-refractivity contribution in [2.24, 2.45) is 0 Å². The van der Waals surface area contributed by atoms with Crippen molar-refractivity contribution < 1.29 is 22.6 Å². The van der Waals surface area contributed by atoms with Crippen molar-refractivity contribution in [1.29, 1.82) is 0 Å². The number of hydrogen-bond acceptors (Lipinski definition) is 4. The summed E-state index contributed by atoms with van der Waals surface area (Å²) in [4.78, 5) is 3.66. The van der Waals surface area contributed by atoms with E-state index < -0.39 is 17.7 Å². The van der Waals surface area contributed by atoms with E-state index in [2.05, 4.69) is 4.98 Å². The molecular weight excluding hydrogens is 303 g/mol. The average molecular weight is 321 g/mol. The smallest absolute Gasteiger partial charge is 0.345 e. The van der Waals surface area contributed by atoms with Gasteiger partial charge in [-0.2, -0.15) is 13.2 Å². The minimum Gasteiger partial charge on any atom is -0.345 e. The topological polar surface area (TPSA) is 31.4 Å². The van der Waals surface area contributed by atoms with Gasteiger partial charge in [0.25, 0.3) is 0 Å². The van der Waals surface area contributed by atoms with Gasteiger partial charge in [-0.1, -0.05) is 13.0 Å². The van der Waals surface area contributed by atoms with Crippen molar-refractivity contribution in [2.75, 3.05) is 0 Å². The van der Waals surface area contributed by atoms with Gasteiger partial charge in [-0.05, 0) is 32.9 Å². The first-order valence-corrected chi connectivity index (χ1v) is 7.53. The lowest BCUT2D eigenvalue weighted by Gasteiger charge is -2.21. The molecule has 0 bridgehead atoms. The Bertz CT molecular complexity index is 507. The molecule has 1 saturated heterocycles. The molecule has 2 heterocycles. The van der Waals surface area contributed by atoms with Crippen LogP contribution in [0.2, 0.25) is 0 Å². The minimum atomic E-state index is -4.43. The highest BCUT2D eigenvalue weighted by Crippen LogP contribution is 2.36. The Hall–Kier alpha value is -0.790. The molecule has 1 aliphatic rings. The summed E-state index contributed by atoms with van der Waals surface area (Å²) in [6.45, 7) is 7.45. The van der Waals surface area contributed by atoms with Crippen LogP contribution in [0.15, 0.2) is 23.2 Å². The normalized spacial score (nSPS) is 26.8. The van der Waals surface area contributed by atoms with E-state index in [1.807, 2.05) is 27.7 Å². The zero-order valence-electron chi connectivity index (χ0n) is 12.3. The fraction of sp³-hybridized carbons (Fsp3) is 0.643. The van der Waals surface area contributed by atoms with Crippen molar-refractivity contribution in [1.82, 2.24) is 4.98 Å². The van der Waals surface area contributed by atoms with Crippen LogP contribution >= 0.6 is 11.8 Å². The van der Waals surface area contributed by atoms with Gasteiger partial charge in [0.2, 0.25) is 0 Å². The molecule has 0 radical (unpaired) electrons. The molecule has 21 heavy (non-hydrogen) atoms. The molecule has 0 N–H and O–H groups in total. The van der Waals surface area contributed by atoms with Gasteiger partial charge in [-0.25, -0.2) is 4.98 Å². The predicted octanol–water partition coefficient (Wildman–Crippen LogP) is 4.12. The first kappa shape index (κ1) is 16.6. The number of aromatic nitrogens is 1. The van der Waals surface area contributed by atoms with Crippen LogP contribution in [0, 0.1) is 0 Å². The van der Waals surface area contributed by atoms with E-state index in [1.54, 1.807) is 6.07 Å². The zero-order valence-corrected chi connectivity index (χ0v) is 13.1. The standard InChI is InChI=1S/C14H18F3NO2S/c1-8-12(20-13(3,4)19-8)9(2)21-11-7-5-6-10(18-11)14(15,16)17/h5-9,12H,1-4H3/t8-,9-,12-/m0/s1. The van der Waals surface area contributed by atoms with Gasteiger partial charge in [0.15, 0.2) is 5.79 Å². The average Bonchev–Trinajstić information content (AvgIpc) is 2.62. The van der Waals surface area contributed by atoms with E-state index in [9.17, 15) is 13.2 Å². The van der Waals surface area contributed by atoms with Crippen molar-refractivity contribution in [2.45, 2.75) is 62.1 Å². The van der Waals surface area contributed by atoms with E-state index >= 15 is 0 Å². The fourth-order valence-electron chi connectivity index (χ4n) is 2.34. The van der Waals surface area contributed by atoms with Crippen molar-refractivity contribution in [3.05, 3.63) is 23.9 Å². The molecule has 118 valence electrons. The highest BCUT2D eigenvalue weighted by atomic mass is 32.2. The Kier molecular flexibility index (Phi) is 4.56. The van der Waals surface area contributed by atoms with Gasteiger partial charge < -0.3 is 9.47 Å². The van der Waals surface area contributed by atoms with Crippen molar-refractivity contribution >= 4 is 11.8 Å². The van der Waals surface area contributed by atoms with Gasteiger partial charge >= 0.3 is 6.18 Å². The largest absolute Gasteiger partial charge is 0.433 e. The van der Waals surface area contributed by atoms with Crippen LogP contribution in [0.3, 0.4) is 0 Å². The van der Waals surface area contributed by atoms with E-state index in [1.165, 1.54) is 17.8 Å². The van der Waals surface area contributed by atoms with E-state index in [4.69, 9.17) is 9.47 Å². The Morgan fingerprint density at radius 1 is 1.29 bits per heavy atom. The Labute approximate surface area is 126 Å². The summed E-state index contributed by atoms with van der Waals surface area (Å²) in [7, 11) is 0. The van der Waals surface area contributed by atoms with E-state index in [0.29, 0.717) is 5.03 Å². The predicted molar refractivity (Wildman–Crippen MR) is 74.1 cm³/mol. The fourth-order valence-corrected chi connectivity index (χ4v) is 3.44. The lowest BCUT2D eigenvalue weighted by Crippen LogP contribution is -2.29. The molecule has 0 aliphatic carbocycles. The lowest BCUT2D eigenvalue weighted by molar-refractivity contribution is -0.144. The molecule has 0 amide bonds. The number of rotatable bonds is 3. The van der Waals surface area contributed by atoms with Gasteiger partial charge in [0.1, 0.15) is 5.69 Å². The molecule has 1 fully saturated rings. The van der Waals surface area contributed by atoms with Gasteiger partial charge in [0, 0.05) is 5.25 Å². The molecule has 7 heteroatoms. The van der Waals surface area contributed by atoms with Crippen LogP contribution in [0.5, 0.6) is 0 Å². The summed E-state index contributed by atoms with van der Waals surface area (Å²) >= 11 is 1.26. The maximum atomic E-state index is 12.7. The quantitative estimate of drug-likeness (QED) is 0.784. The first-order chi connectivity index (χ1) is 9.58. The summed E-state index contributed by atoms with van der Waals surface area (Å²) < 4.78 is 49.4. The highest BCUT2D eigenvalue weighted by Gasteiger charge is 2.42.